The van der Waals surface area contributed by atoms with Gasteiger partial charge < -0.3 is 39.4 Å². The van der Waals surface area contributed by atoms with Crippen molar-refractivity contribution in [2.45, 2.75) is 45.6 Å². The second-order valence-corrected chi connectivity index (χ2v) is 19.6. The molecule has 1 unspecified atom stereocenters. The highest BCUT2D eigenvalue weighted by Gasteiger charge is 2.28. The zero-order valence-corrected chi connectivity index (χ0v) is 42.9. The Hall–Kier alpha value is -9.30. The van der Waals surface area contributed by atoms with Gasteiger partial charge in [0.2, 0.25) is 11.8 Å². The predicted octanol–water partition coefficient (Wildman–Crippen LogP) is 6.99. The standard InChI is InChI=1S/C57H56N16O4/c1-5-53(74)70-22-20-69(21-23-70)51-16-14-49-55(66-51)57(65-40-8-7-38(37(3)25-40)29-68-19-24-73-52(32-68)59-34-63-73)62-36-72(49)30-39-26-41(9-15-50(39)77-43-11-13-48-47(28-43)61-35-67(48)4)64-56-45-27-42(10-12-46(45)58-33-60-56)76-44-17-18-71(31-44)54(75)6-2/h5-16,25-28,33-36,44H,1-2,17-24,29-32H2,3-4H3,(H,58,60,64)/p+1. The van der Waals surface area contributed by atoms with Crippen molar-refractivity contribution in [2.75, 3.05) is 61.3 Å². The molecule has 0 bridgehead atoms. The van der Waals surface area contributed by atoms with Crippen LogP contribution >= 0.6 is 0 Å². The van der Waals surface area contributed by atoms with Crippen LogP contribution in [0.3, 0.4) is 0 Å². The highest BCUT2D eigenvalue weighted by Crippen LogP contribution is 2.34. The maximum absolute atomic E-state index is 12.5. The first-order valence-corrected chi connectivity index (χ1v) is 25.7. The van der Waals surface area contributed by atoms with E-state index < -0.39 is 0 Å². The maximum atomic E-state index is 12.5. The number of benzene rings is 4. The Morgan fingerprint density at radius 2 is 1.57 bits per heavy atom. The van der Waals surface area contributed by atoms with Crippen molar-refractivity contribution < 1.29 is 23.6 Å². The molecule has 0 spiro atoms. The number of pyridine rings is 1. The molecule has 2 N–H and O–H groups in total. The first-order valence-electron chi connectivity index (χ1n) is 25.7. The van der Waals surface area contributed by atoms with E-state index in [1.165, 1.54) is 24.0 Å². The third-order valence-electron chi connectivity index (χ3n) is 14.6. The molecule has 2 saturated heterocycles. The van der Waals surface area contributed by atoms with Crippen LogP contribution in [-0.2, 0) is 42.8 Å². The fourth-order valence-corrected chi connectivity index (χ4v) is 10.4. The van der Waals surface area contributed by atoms with Crippen LogP contribution in [-0.4, -0.2) is 123 Å². The molecule has 388 valence electrons. The summed E-state index contributed by atoms with van der Waals surface area (Å²) in [4.78, 5) is 61.7. The molecule has 0 aliphatic carbocycles. The number of aryl methyl sites for hydroxylation is 2. The number of likely N-dealkylation sites (tertiary alicyclic amines) is 1. The molecule has 3 aliphatic rings. The number of ether oxygens (including phenoxy) is 2. The molecule has 9 aromatic rings. The minimum Gasteiger partial charge on any atom is -0.488 e. The lowest BCUT2D eigenvalue weighted by molar-refractivity contribution is -0.665. The number of hydrogen-bond donors (Lipinski definition) is 2. The van der Waals surface area contributed by atoms with Crippen LogP contribution in [0, 0.1) is 6.92 Å². The maximum Gasteiger partial charge on any atom is 0.289 e. The fourth-order valence-electron chi connectivity index (χ4n) is 10.4. The number of rotatable bonds is 15. The molecule has 20 heteroatoms. The molecule has 0 saturated carbocycles. The Morgan fingerprint density at radius 1 is 0.753 bits per heavy atom. The number of amides is 2. The van der Waals surface area contributed by atoms with Crippen molar-refractivity contribution in [1.82, 2.24) is 59.0 Å². The monoisotopic (exact) mass is 1030 g/mol. The number of fused-ring (bicyclic) bond motifs is 4. The molecule has 4 aromatic carbocycles. The van der Waals surface area contributed by atoms with Gasteiger partial charge in [0.15, 0.2) is 11.0 Å². The van der Waals surface area contributed by atoms with E-state index in [9.17, 15) is 9.59 Å². The highest BCUT2D eigenvalue weighted by atomic mass is 16.5. The number of carbonyl (C=O) groups is 2. The van der Waals surface area contributed by atoms with Crippen LogP contribution < -0.4 is 29.6 Å². The van der Waals surface area contributed by atoms with Gasteiger partial charge in [-0.05, 0) is 108 Å². The van der Waals surface area contributed by atoms with Gasteiger partial charge in [-0.3, -0.25) is 14.5 Å². The highest BCUT2D eigenvalue weighted by molar-refractivity contribution is 5.92. The molecule has 1 atom stereocenters. The summed E-state index contributed by atoms with van der Waals surface area (Å²) in [5, 5.41) is 12.3. The van der Waals surface area contributed by atoms with Crippen molar-refractivity contribution in [3.05, 3.63) is 158 Å². The van der Waals surface area contributed by atoms with Gasteiger partial charge in [0.25, 0.3) is 12.1 Å². The van der Waals surface area contributed by atoms with Crippen LogP contribution in [0.2, 0.25) is 0 Å². The predicted molar refractivity (Wildman–Crippen MR) is 292 cm³/mol. The smallest absolute Gasteiger partial charge is 0.289 e. The fraction of sp³-hybridized carbons (Fsp3) is 0.263. The minimum absolute atomic E-state index is 0.0739. The largest absolute Gasteiger partial charge is 0.488 e. The quantitative estimate of drug-likeness (QED) is 0.0788. The zero-order chi connectivity index (χ0) is 52.6. The average molecular weight is 1030 g/mol. The van der Waals surface area contributed by atoms with Gasteiger partial charge in [-0.25, -0.2) is 34.2 Å². The van der Waals surface area contributed by atoms with E-state index in [0.717, 1.165) is 94.2 Å². The number of piperazine rings is 1. The molecule has 2 fully saturated rings. The summed E-state index contributed by atoms with van der Waals surface area (Å²) in [6.45, 7) is 16.6. The van der Waals surface area contributed by atoms with Crippen molar-refractivity contribution in [2.24, 2.45) is 7.05 Å². The molecule has 20 nitrogen and oxygen atoms in total. The van der Waals surface area contributed by atoms with E-state index in [2.05, 4.69) is 95.5 Å². The molecule has 77 heavy (non-hydrogen) atoms. The lowest BCUT2D eigenvalue weighted by Crippen LogP contribution is -2.48. The van der Waals surface area contributed by atoms with Gasteiger partial charge >= 0.3 is 0 Å². The van der Waals surface area contributed by atoms with E-state index in [4.69, 9.17) is 24.4 Å². The molecule has 2 amide bonds. The van der Waals surface area contributed by atoms with Gasteiger partial charge in [-0.2, -0.15) is 5.10 Å². The SMILES string of the molecule is C=CC(=O)N1CCN(c2ccc3c(n2)c(Nc2ccc(CN4CCn5ncnc5C4)c(C)c2)nc[n+]3Cc2cc(Nc3ncnc4ccc(OC5CCN(C(=O)C=C)C5)cc34)ccc2Oc2ccc3c(c2)ncn3C)CC1. The number of hydrogen-bond acceptors (Lipinski definition) is 15. The third kappa shape index (κ3) is 10.2. The van der Waals surface area contributed by atoms with E-state index in [0.29, 0.717) is 80.2 Å². The molecule has 0 radical (unpaired) electrons. The van der Waals surface area contributed by atoms with Crippen LogP contribution in [0.5, 0.6) is 17.2 Å². The second kappa shape index (κ2) is 20.8. The number of nitrogens with zero attached hydrogens (tertiary/aromatic N) is 14. The molecular formula is C57H57N16O4+. The van der Waals surface area contributed by atoms with Crippen molar-refractivity contribution in [3.63, 3.8) is 0 Å². The van der Waals surface area contributed by atoms with Crippen molar-refractivity contribution in [1.29, 1.82) is 0 Å². The summed E-state index contributed by atoms with van der Waals surface area (Å²) in [5.41, 5.74) is 8.96. The van der Waals surface area contributed by atoms with Crippen LogP contribution in [0.25, 0.3) is 33.0 Å². The summed E-state index contributed by atoms with van der Waals surface area (Å²) < 4.78 is 19.2. The average Bonchev–Trinajstić information content (AvgIpc) is 4.24. The molecule has 12 rings (SSSR count). The van der Waals surface area contributed by atoms with Gasteiger partial charge in [0.05, 0.1) is 42.5 Å². The lowest BCUT2D eigenvalue weighted by atomic mass is 10.1. The Labute approximate surface area is 443 Å². The molecular weight excluding hydrogens is 973 g/mol. The summed E-state index contributed by atoms with van der Waals surface area (Å²) in [6.07, 6.45) is 10.1. The number of imidazole rings is 1. The Kier molecular flexibility index (Phi) is 13.1. The first-order chi connectivity index (χ1) is 37.6. The van der Waals surface area contributed by atoms with Crippen LogP contribution in [0.1, 0.15) is 28.9 Å². The topological polar surface area (TPSA) is 194 Å². The van der Waals surface area contributed by atoms with Gasteiger partial charge in [-0.1, -0.05) is 19.2 Å². The Balaban J connectivity index is 0.876. The van der Waals surface area contributed by atoms with Crippen LogP contribution in [0.4, 0.5) is 28.8 Å². The Bertz CT molecular complexity index is 3750. The molecule has 3 aliphatic heterocycles. The first kappa shape index (κ1) is 48.6. The number of aromatic nitrogens is 10. The van der Waals surface area contributed by atoms with E-state index in [1.807, 2.05) is 82.1 Å². The van der Waals surface area contributed by atoms with Crippen molar-refractivity contribution >= 4 is 73.6 Å². The summed E-state index contributed by atoms with van der Waals surface area (Å²) >= 11 is 0. The second-order valence-electron chi connectivity index (χ2n) is 19.6. The third-order valence-corrected chi connectivity index (χ3v) is 14.6. The lowest BCUT2D eigenvalue weighted by Gasteiger charge is -2.34. The number of anilines is 5. The number of nitrogens with one attached hydrogen (secondary N) is 2. The molecule has 5 aromatic heterocycles. The van der Waals surface area contributed by atoms with Crippen LogP contribution in [0.15, 0.2) is 136 Å². The van der Waals surface area contributed by atoms with Crippen molar-refractivity contribution in [3.8, 4) is 17.2 Å². The normalized spacial score (nSPS) is 15.7. The summed E-state index contributed by atoms with van der Waals surface area (Å²) in [7, 11) is 1.97. The summed E-state index contributed by atoms with van der Waals surface area (Å²) in [6, 6.07) is 28.2. The van der Waals surface area contributed by atoms with Gasteiger partial charge in [-0.15, -0.1) is 0 Å². The van der Waals surface area contributed by atoms with E-state index in [-0.39, 0.29) is 17.9 Å². The Morgan fingerprint density at radius 3 is 2.43 bits per heavy atom. The number of carbonyl (C=O) groups excluding carboxylic acids is 2. The van der Waals surface area contributed by atoms with Gasteiger partial charge in [0.1, 0.15) is 60.0 Å². The minimum atomic E-state index is -0.150. The molecule has 8 heterocycles. The van der Waals surface area contributed by atoms with E-state index >= 15 is 0 Å². The summed E-state index contributed by atoms with van der Waals surface area (Å²) in [5.74, 6) is 4.73. The van der Waals surface area contributed by atoms with Gasteiger partial charge in [0, 0.05) is 87.7 Å². The van der Waals surface area contributed by atoms with E-state index in [1.54, 1.807) is 17.6 Å². The zero-order valence-electron chi connectivity index (χ0n) is 42.9.